The Bertz CT molecular complexity index is 798. The second kappa shape index (κ2) is 8.76. The van der Waals surface area contributed by atoms with E-state index in [0.717, 1.165) is 44.4 Å². The molecular weight excluding hydrogens is 354 g/mol. The highest BCUT2D eigenvalue weighted by molar-refractivity contribution is 5.79. The van der Waals surface area contributed by atoms with E-state index >= 15 is 0 Å². The van der Waals surface area contributed by atoms with Gasteiger partial charge < -0.3 is 14.2 Å². The molecule has 6 nitrogen and oxygen atoms in total. The van der Waals surface area contributed by atoms with Crippen molar-refractivity contribution in [3.8, 4) is 5.75 Å². The van der Waals surface area contributed by atoms with Crippen molar-refractivity contribution in [2.75, 3.05) is 13.2 Å². The van der Waals surface area contributed by atoms with Crippen molar-refractivity contribution in [1.82, 2.24) is 15.0 Å². The Morgan fingerprint density at radius 2 is 2.04 bits per heavy atom. The van der Waals surface area contributed by atoms with Crippen LogP contribution in [0.1, 0.15) is 68.3 Å². The number of carbonyl (C=O) groups is 1. The molecule has 150 valence electrons. The monoisotopic (exact) mass is 383 g/mol. The third-order valence-corrected chi connectivity index (χ3v) is 5.84. The maximum atomic E-state index is 13.0. The molecule has 0 N–H and O–H groups in total. The molecule has 1 aromatic heterocycles. The Kier molecular flexibility index (Phi) is 5.93. The van der Waals surface area contributed by atoms with Crippen molar-refractivity contribution in [1.29, 1.82) is 0 Å². The van der Waals surface area contributed by atoms with Crippen molar-refractivity contribution in [2.45, 2.75) is 64.3 Å². The van der Waals surface area contributed by atoms with Crippen LogP contribution in [0.5, 0.6) is 5.75 Å². The van der Waals surface area contributed by atoms with Gasteiger partial charge in [-0.2, -0.15) is 4.98 Å². The minimum Gasteiger partial charge on any atom is -0.493 e. The molecule has 1 atom stereocenters. The Balaban J connectivity index is 1.37. The quantitative estimate of drug-likeness (QED) is 0.746. The third kappa shape index (κ3) is 4.37. The number of rotatable bonds is 6. The van der Waals surface area contributed by atoms with E-state index in [1.54, 1.807) is 0 Å². The van der Waals surface area contributed by atoms with Gasteiger partial charge in [0.1, 0.15) is 11.8 Å². The average molecular weight is 383 g/mol. The number of amides is 1. The Hall–Kier alpha value is -2.37. The van der Waals surface area contributed by atoms with Gasteiger partial charge in [0.2, 0.25) is 11.8 Å². The minimum atomic E-state index is -0.0687. The first-order valence-corrected chi connectivity index (χ1v) is 10.5. The molecule has 1 aliphatic carbocycles. The van der Waals surface area contributed by atoms with Gasteiger partial charge in [0, 0.05) is 18.9 Å². The van der Waals surface area contributed by atoms with Crippen LogP contribution in [-0.4, -0.2) is 34.1 Å². The van der Waals surface area contributed by atoms with Gasteiger partial charge in [-0.3, -0.25) is 4.79 Å². The lowest BCUT2D eigenvalue weighted by Crippen LogP contribution is -2.41. The largest absolute Gasteiger partial charge is 0.493 e. The highest BCUT2D eigenvalue weighted by Crippen LogP contribution is 2.34. The molecule has 6 heteroatoms. The first-order valence-electron chi connectivity index (χ1n) is 10.5. The Labute approximate surface area is 166 Å². The molecule has 28 heavy (non-hydrogen) atoms. The molecule has 1 aromatic carbocycles. The van der Waals surface area contributed by atoms with Crippen LogP contribution in [0.15, 0.2) is 28.8 Å². The number of carbonyl (C=O) groups excluding carboxylic acids is 1. The zero-order chi connectivity index (χ0) is 19.3. The number of hydrogen-bond acceptors (Lipinski definition) is 5. The molecule has 0 radical (unpaired) electrons. The van der Waals surface area contributed by atoms with Gasteiger partial charge >= 0.3 is 0 Å². The fourth-order valence-electron chi connectivity index (χ4n) is 4.33. The Morgan fingerprint density at radius 1 is 1.21 bits per heavy atom. The van der Waals surface area contributed by atoms with E-state index < -0.39 is 0 Å². The molecule has 0 bridgehead atoms. The van der Waals surface area contributed by atoms with Gasteiger partial charge in [-0.15, -0.1) is 0 Å². The van der Waals surface area contributed by atoms with Crippen LogP contribution in [0.3, 0.4) is 0 Å². The van der Waals surface area contributed by atoms with Gasteiger partial charge in [0.15, 0.2) is 5.82 Å². The van der Waals surface area contributed by atoms with Gasteiger partial charge in [0.25, 0.3) is 0 Å². The molecule has 2 aromatic rings. The lowest BCUT2D eigenvalue weighted by atomic mass is 9.98. The smallest absolute Gasteiger partial charge is 0.249 e. The van der Waals surface area contributed by atoms with Crippen LogP contribution in [-0.2, 0) is 11.2 Å². The SMILES string of the molecule is Cc1cccc(OCCc2noc(C3CCCCN3C(=O)C3CCCC3)n2)c1. The highest BCUT2D eigenvalue weighted by atomic mass is 16.5. The third-order valence-electron chi connectivity index (χ3n) is 5.84. The molecule has 1 saturated carbocycles. The van der Waals surface area contributed by atoms with Gasteiger partial charge in [-0.1, -0.05) is 30.1 Å². The number of nitrogens with zero attached hydrogens (tertiary/aromatic N) is 3. The van der Waals surface area contributed by atoms with E-state index in [9.17, 15) is 4.79 Å². The zero-order valence-electron chi connectivity index (χ0n) is 16.6. The van der Waals surface area contributed by atoms with E-state index in [4.69, 9.17) is 9.26 Å². The molecule has 4 rings (SSSR count). The minimum absolute atomic E-state index is 0.0687. The molecule has 2 fully saturated rings. The lowest BCUT2D eigenvalue weighted by molar-refractivity contribution is -0.140. The van der Waals surface area contributed by atoms with Crippen LogP contribution >= 0.6 is 0 Å². The van der Waals surface area contributed by atoms with Crippen molar-refractivity contribution in [3.05, 3.63) is 41.5 Å². The Morgan fingerprint density at radius 3 is 2.86 bits per heavy atom. The van der Waals surface area contributed by atoms with E-state index in [1.807, 2.05) is 36.1 Å². The van der Waals surface area contributed by atoms with Gasteiger partial charge in [0.05, 0.1) is 6.61 Å². The normalized spacial score (nSPS) is 20.5. The maximum Gasteiger partial charge on any atom is 0.249 e. The number of likely N-dealkylation sites (tertiary alicyclic amines) is 1. The number of hydrogen-bond donors (Lipinski definition) is 0. The second-order valence-corrected chi connectivity index (χ2v) is 7.99. The van der Waals surface area contributed by atoms with Crippen molar-refractivity contribution in [3.63, 3.8) is 0 Å². The fraction of sp³-hybridized carbons (Fsp3) is 0.591. The standard InChI is InChI=1S/C22H29N3O3/c1-16-7-6-10-18(15-16)27-14-12-20-23-21(28-24-20)19-11-4-5-13-25(19)22(26)17-8-2-3-9-17/h6-7,10,15,17,19H,2-5,8-9,11-14H2,1H3. The fourth-order valence-corrected chi connectivity index (χ4v) is 4.33. The zero-order valence-corrected chi connectivity index (χ0v) is 16.6. The number of benzene rings is 1. The highest BCUT2D eigenvalue weighted by Gasteiger charge is 2.36. The summed E-state index contributed by atoms with van der Waals surface area (Å²) in [6, 6.07) is 7.91. The summed E-state index contributed by atoms with van der Waals surface area (Å²) in [5.74, 6) is 2.54. The predicted molar refractivity (Wildman–Crippen MR) is 105 cm³/mol. The summed E-state index contributed by atoms with van der Waals surface area (Å²) in [5, 5.41) is 4.13. The molecule has 2 heterocycles. The van der Waals surface area contributed by atoms with Crippen LogP contribution in [0.4, 0.5) is 0 Å². The summed E-state index contributed by atoms with van der Waals surface area (Å²) in [4.78, 5) is 19.6. The van der Waals surface area contributed by atoms with Crippen LogP contribution in [0.25, 0.3) is 0 Å². The summed E-state index contributed by atoms with van der Waals surface area (Å²) in [5.41, 5.74) is 1.17. The molecule has 1 saturated heterocycles. The first-order chi connectivity index (χ1) is 13.7. The maximum absolute atomic E-state index is 13.0. The second-order valence-electron chi connectivity index (χ2n) is 7.99. The number of aryl methyl sites for hydroxylation is 1. The van der Waals surface area contributed by atoms with Crippen molar-refractivity contribution >= 4 is 5.91 Å². The summed E-state index contributed by atoms with van der Waals surface area (Å²) in [6.45, 7) is 3.34. The van der Waals surface area contributed by atoms with E-state index in [0.29, 0.717) is 24.7 Å². The van der Waals surface area contributed by atoms with E-state index in [1.165, 1.54) is 18.4 Å². The van der Waals surface area contributed by atoms with Crippen LogP contribution in [0.2, 0.25) is 0 Å². The molecule has 0 spiro atoms. The van der Waals surface area contributed by atoms with Gasteiger partial charge in [-0.25, -0.2) is 0 Å². The van der Waals surface area contributed by atoms with Gasteiger partial charge in [-0.05, 0) is 56.7 Å². The first kappa shape index (κ1) is 19.0. The molecule has 1 aliphatic heterocycles. The lowest BCUT2D eigenvalue weighted by Gasteiger charge is -2.35. The summed E-state index contributed by atoms with van der Waals surface area (Å²) < 4.78 is 11.3. The number of piperidine rings is 1. The average Bonchev–Trinajstić information content (AvgIpc) is 3.40. The van der Waals surface area contributed by atoms with E-state index in [2.05, 4.69) is 10.1 Å². The molecule has 1 unspecified atom stereocenters. The number of ether oxygens (including phenoxy) is 1. The summed E-state index contributed by atoms with van der Waals surface area (Å²) >= 11 is 0. The molecule has 1 amide bonds. The van der Waals surface area contributed by atoms with Crippen molar-refractivity contribution in [2.24, 2.45) is 5.92 Å². The molecule has 2 aliphatic rings. The number of aromatic nitrogens is 2. The summed E-state index contributed by atoms with van der Waals surface area (Å²) in [6.07, 6.45) is 8.01. The van der Waals surface area contributed by atoms with E-state index in [-0.39, 0.29) is 17.9 Å². The topological polar surface area (TPSA) is 68.5 Å². The molecular formula is C22H29N3O3. The van der Waals surface area contributed by atoms with Crippen molar-refractivity contribution < 1.29 is 14.1 Å². The predicted octanol–water partition coefficient (Wildman–Crippen LogP) is 4.24. The van der Waals surface area contributed by atoms with Crippen LogP contribution < -0.4 is 4.74 Å². The summed E-state index contributed by atoms with van der Waals surface area (Å²) in [7, 11) is 0. The van der Waals surface area contributed by atoms with Crippen LogP contribution in [0, 0.1) is 12.8 Å².